The van der Waals surface area contributed by atoms with Crippen molar-refractivity contribution in [2.24, 2.45) is 0 Å². The fraction of sp³-hybridized carbons (Fsp3) is 0.300. The number of rotatable bonds is 3. The summed E-state index contributed by atoms with van der Waals surface area (Å²) < 4.78 is 0. The SMILES string of the molecule is CNC(=O)CNc1ccccc1C. The molecular weight excluding hydrogens is 164 g/mol. The molecule has 0 radical (unpaired) electrons. The van der Waals surface area contributed by atoms with E-state index in [2.05, 4.69) is 10.6 Å². The Morgan fingerprint density at radius 3 is 2.69 bits per heavy atom. The lowest BCUT2D eigenvalue weighted by molar-refractivity contribution is -0.118. The van der Waals surface area contributed by atoms with E-state index in [1.807, 2.05) is 31.2 Å². The summed E-state index contributed by atoms with van der Waals surface area (Å²) in [6, 6.07) is 7.88. The van der Waals surface area contributed by atoms with Gasteiger partial charge in [0.05, 0.1) is 6.54 Å². The number of aryl methyl sites for hydroxylation is 1. The van der Waals surface area contributed by atoms with Crippen molar-refractivity contribution in [3.05, 3.63) is 29.8 Å². The van der Waals surface area contributed by atoms with Crippen LogP contribution in [0.1, 0.15) is 5.56 Å². The Kier molecular flexibility index (Phi) is 3.31. The second kappa shape index (κ2) is 4.50. The van der Waals surface area contributed by atoms with Crippen molar-refractivity contribution in [3.8, 4) is 0 Å². The monoisotopic (exact) mass is 178 g/mol. The molecule has 13 heavy (non-hydrogen) atoms. The van der Waals surface area contributed by atoms with Gasteiger partial charge in [0.15, 0.2) is 0 Å². The second-order valence-electron chi connectivity index (χ2n) is 2.84. The number of carbonyl (C=O) groups is 1. The van der Waals surface area contributed by atoms with Crippen LogP contribution in [0.25, 0.3) is 0 Å². The van der Waals surface area contributed by atoms with Crippen LogP contribution in [-0.4, -0.2) is 19.5 Å². The van der Waals surface area contributed by atoms with Gasteiger partial charge in [-0.2, -0.15) is 0 Å². The summed E-state index contributed by atoms with van der Waals surface area (Å²) in [6.07, 6.45) is 0. The van der Waals surface area contributed by atoms with Gasteiger partial charge in [-0.05, 0) is 18.6 Å². The van der Waals surface area contributed by atoms with Crippen molar-refractivity contribution in [1.82, 2.24) is 5.32 Å². The van der Waals surface area contributed by atoms with Crippen LogP contribution >= 0.6 is 0 Å². The van der Waals surface area contributed by atoms with E-state index in [9.17, 15) is 4.79 Å². The zero-order valence-corrected chi connectivity index (χ0v) is 7.92. The lowest BCUT2D eigenvalue weighted by Gasteiger charge is -2.07. The smallest absolute Gasteiger partial charge is 0.239 e. The molecule has 3 heteroatoms. The minimum atomic E-state index is -0.0109. The number of benzene rings is 1. The first-order chi connectivity index (χ1) is 6.24. The third-order valence-corrected chi connectivity index (χ3v) is 1.86. The molecule has 0 aliphatic rings. The second-order valence-corrected chi connectivity index (χ2v) is 2.84. The molecule has 0 fully saturated rings. The lowest BCUT2D eigenvalue weighted by Crippen LogP contribution is -2.26. The van der Waals surface area contributed by atoms with Gasteiger partial charge in [0.2, 0.25) is 5.91 Å². The molecule has 2 N–H and O–H groups in total. The summed E-state index contributed by atoms with van der Waals surface area (Å²) in [7, 11) is 1.63. The molecule has 0 aliphatic carbocycles. The number of hydrogen-bond donors (Lipinski definition) is 2. The average molecular weight is 178 g/mol. The van der Waals surface area contributed by atoms with Gasteiger partial charge in [-0.25, -0.2) is 0 Å². The highest BCUT2D eigenvalue weighted by Crippen LogP contribution is 2.11. The lowest BCUT2D eigenvalue weighted by atomic mass is 10.2. The quantitative estimate of drug-likeness (QED) is 0.729. The molecule has 0 aliphatic heterocycles. The van der Waals surface area contributed by atoms with Gasteiger partial charge in [0, 0.05) is 12.7 Å². The van der Waals surface area contributed by atoms with Crippen LogP contribution in [0.3, 0.4) is 0 Å². The molecule has 1 amide bonds. The molecule has 0 atom stereocenters. The highest BCUT2D eigenvalue weighted by Gasteiger charge is 1.98. The Bertz CT molecular complexity index is 297. The number of para-hydroxylation sites is 1. The van der Waals surface area contributed by atoms with Crippen molar-refractivity contribution >= 4 is 11.6 Å². The maximum absolute atomic E-state index is 10.9. The van der Waals surface area contributed by atoms with E-state index >= 15 is 0 Å². The molecule has 0 aromatic heterocycles. The molecular formula is C10H14N2O. The molecule has 0 saturated carbocycles. The van der Waals surface area contributed by atoms with Crippen LogP contribution in [0.5, 0.6) is 0 Å². The standard InChI is InChI=1S/C10H14N2O/c1-8-5-3-4-6-9(8)12-7-10(13)11-2/h3-6,12H,7H2,1-2H3,(H,11,13). The molecule has 1 rings (SSSR count). The fourth-order valence-electron chi connectivity index (χ4n) is 1.04. The zero-order chi connectivity index (χ0) is 9.68. The molecule has 0 saturated heterocycles. The summed E-state index contributed by atoms with van der Waals surface area (Å²) in [6.45, 7) is 2.33. The Hall–Kier alpha value is -1.51. The molecule has 0 bridgehead atoms. The van der Waals surface area contributed by atoms with E-state index in [-0.39, 0.29) is 5.91 Å². The molecule has 0 spiro atoms. The van der Waals surface area contributed by atoms with Gasteiger partial charge in [-0.15, -0.1) is 0 Å². The number of amides is 1. The number of likely N-dealkylation sites (N-methyl/N-ethyl adjacent to an activating group) is 1. The highest BCUT2D eigenvalue weighted by molar-refractivity contribution is 5.80. The van der Waals surface area contributed by atoms with Crippen LogP contribution in [0.15, 0.2) is 24.3 Å². The zero-order valence-electron chi connectivity index (χ0n) is 7.92. The summed E-state index contributed by atoms with van der Waals surface area (Å²) in [5, 5.41) is 5.60. The van der Waals surface area contributed by atoms with Gasteiger partial charge in [0.1, 0.15) is 0 Å². The number of anilines is 1. The van der Waals surface area contributed by atoms with Gasteiger partial charge >= 0.3 is 0 Å². The van der Waals surface area contributed by atoms with Gasteiger partial charge in [-0.3, -0.25) is 4.79 Å². The summed E-state index contributed by atoms with van der Waals surface area (Å²) >= 11 is 0. The van der Waals surface area contributed by atoms with E-state index in [0.717, 1.165) is 11.3 Å². The van der Waals surface area contributed by atoms with Crippen molar-refractivity contribution in [3.63, 3.8) is 0 Å². The molecule has 0 unspecified atom stereocenters. The van der Waals surface area contributed by atoms with Crippen molar-refractivity contribution in [2.75, 3.05) is 18.9 Å². The minimum Gasteiger partial charge on any atom is -0.376 e. The van der Waals surface area contributed by atoms with E-state index < -0.39 is 0 Å². The summed E-state index contributed by atoms with van der Waals surface area (Å²) in [5.41, 5.74) is 2.15. The summed E-state index contributed by atoms with van der Waals surface area (Å²) in [5.74, 6) is -0.0109. The minimum absolute atomic E-state index is 0.0109. The van der Waals surface area contributed by atoms with Crippen molar-refractivity contribution < 1.29 is 4.79 Å². The number of nitrogens with one attached hydrogen (secondary N) is 2. The summed E-state index contributed by atoms with van der Waals surface area (Å²) in [4.78, 5) is 10.9. The molecule has 0 heterocycles. The Balaban J connectivity index is 2.54. The Labute approximate surface area is 78.2 Å². The first-order valence-corrected chi connectivity index (χ1v) is 4.24. The predicted molar refractivity (Wildman–Crippen MR) is 53.7 cm³/mol. The fourth-order valence-corrected chi connectivity index (χ4v) is 1.04. The van der Waals surface area contributed by atoms with E-state index in [0.29, 0.717) is 6.54 Å². The van der Waals surface area contributed by atoms with E-state index in [1.165, 1.54) is 0 Å². The Morgan fingerprint density at radius 2 is 2.08 bits per heavy atom. The van der Waals surface area contributed by atoms with Crippen LogP contribution < -0.4 is 10.6 Å². The normalized spacial score (nSPS) is 9.38. The van der Waals surface area contributed by atoms with Crippen molar-refractivity contribution in [2.45, 2.75) is 6.92 Å². The first kappa shape index (κ1) is 9.58. The average Bonchev–Trinajstić information content (AvgIpc) is 2.16. The number of carbonyl (C=O) groups excluding carboxylic acids is 1. The predicted octanol–water partition coefficient (Wildman–Crippen LogP) is 1.15. The molecule has 1 aromatic rings. The highest BCUT2D eigenvalue weighted by atomic mass is 16.1. The van der Waals surface area contributed by atoms with E-state index in [1.54, 1.807) is 7.05 Å². The van der Waals surface area contributed by atoms with Crippen LogP contribution in [0, 0.1) is 6.92 Å². The molecule has 70 valence electrons. The number of hydrogen-bond acceptors (Lipinski definition) is 2. The van der Waals surface area contributed by atoms with Gasteiger partial charge in [0.25, 0.3) is 0 Å². The largest absolute Gasteiger partial charge is 0.376 e. The van der Waals surface area contributed by atoms with Crippen LogP contribution in [-0.2, 0) is 4.79 Å². The first-order valence-electron chi connectivity index (χ1n) is 4.24. The molecule has 1 aromatic carbocycles. The van der Waals surface area contributed by atoms with Crippen LogP contribution in [0.2, 0.25) is 0 Å². The maximum Gasteiger partial charge on any atom is 0.239 e. The Morgan fingerprint density at radius 1 is 1.38 bits per heavy atom. The third-order valence-electron chi connectivity index (χ3n) is 1.86. The van der Waals surface area contributed by atoms with Gasteiger partial charge in [-0.1, -0.05) is 18.2 Å². The third kappa shape index (κ3) is 2.78. The maximum atomic E-state index is 10.9. The molecule has 3 nitrogen and oxygen atoms in total. The topological polar surface area (TPSA) is 41.1 Å². The van der Waals surface area contributed by atoms with Crippen LogP contribution in [0.4, 0.5) is 5.69 Å². The van der Waals surface area contributed by atoms with Gasteiger partial charge < -0.3 is 10.6 Å². The van der Waals surface area contributed by atoms with E-state index in [4.69, 9.17) is 0 Å². The van der Waals surface area contributed by atoms with Crippen molar-refractivity contribution in [1.29, 1.82) is 0 Å².